The molecule has 0 saturated carbocycles. The molecule has 0 spiro atoms. The van der Waals surface area contributed by atoms with E-state index in [9.17, 15) is 9.59 Å². The Bertz CT molecular complexity index is 514. The fourth-order valence-electron chi connectivity index (χ4n) is 1.66. The van der Waals surface area contributed by atoms with Gasteiger partial charge in [0.1, 0.15) is 11.8 Å². The van der Waals surface area contributed by atoms with E-state index in [4.69, 9.17) is 9.47 Å². The monoisotopic (exact) mass is 292 g/mol. The molecule has 0 radical (unpaired) electrons. The van der Waals surface area contributed by atoms with Gasteiger partial charge in [-0.1, -0.05) is 18.2 Å². The van der Waals surface area contributed by atoms with Crippen LogP contribution in [0.1, 0.15) is 20.8 Å². The second-order valence-corrected chi connectivity index (χ2v) is 4.29. The number of hydrazone groups is 1. The lowest BCUT2D eigenvalue weighted by Crippen LogP contribution is -2.37. The normalized spacial score (nSPS) is 12.5. The highest BCUT2D eigenvalue weighted by Crippen LogP contribution is 2.18. The van der Waals surface area contributed by atoms with Crippen LogP contribution in [0.2, 0.25) is 0 Å². The van der Waals surface area contributed by atoms with Crippen molar-refractivity contribution in [2.24, 2.45) is 5.10 Å². The van der Waals surface area contributed by atoms with Crippen molar-refractivity contribution in [1.29, 1.82) is 0 Å². The minimum absolute atomic E-state index is 0.163. The van der Waals surface area contributed by atoms with Gasteiger partial charge in [-0.25, -0.2) is 9.59 Å². The molecule has 0 saturated heterocycles. The van der Waals surface area contributed by atoms with Crippen LogP contribution in [0.25, 0.3) is 0 Å². The number of nitrogens with zero attached hydrogens (tertiary/aromatic N) is 2. The van der Waals surface area contributed by atoms with Crippen LogP contribution >= 0.6 is 0 Å². The van der Waals surface area contributed by atoms with Crippen LogP contribution in [0.5, 0.6) is 0 Å². The standard InChI is InChI=1S/C15H20N2O4/c1-5-21-14(18)11(2)16-17(12(3)15(19)20-4)13-9-7-6-8-10-13/h6-10,12H,5H2,1-4H3/b16-11+. The molecule has 0 heterocycles. The number of methoxy groups -OCH3 is 1. The fraction of sp³-hybridized carbons (Fsp3) is 0.400. The Kier molecular flexibility index (Phi) is 6.39. The zero-order chi connectivity index (χ0) is 15.8. The number of carbonyl (C=O) groups excluding carboxylic acids is 2. The average molecular weight is 292 g/mol. The van der Waals surface area contributed by atoms with Gasteiger partial charge in [0.25, 0.3) is 0 Å². The molecule has 1 atom stereocenters. The highest BCUT2D eigenvalue weighted by molar-refractivity contribution is 6.35. The molecular weight excluding hydrogens is 272 g/mol. The molecule has 1 unspecified atom stereocenters. The third-order valence-electron chi connectivity index (χ3n) is 2.76. The molecule has 0 aliphatic rings. The lowest BCUT2D eigenvalue weighted by Gasteiger charge is -2.24. The molecule has 6 heteroatoms. The molecule has 6 nitrogen and oxygen atoms in total. The molecule has 0 amide bonds. The number of benzene rings is 1. The van der Waals surface area contributed by atoms with Crippen molar-refractivity contribution in [3.05, 3.63) is 30.3 Å². The van der Waals surface area contributed by atoms with E-state index in [0.29, 0.717) is 5.69 Å². The number of carbonyl (C=O) groups is 2. The predicted molar refractivity (Wildman–Crippen MR) is 80.1 cm³/mol. The molecule has 1 aromatic rings. The quantitative estimate of drug-likeness (QED) is 0.455. The van der Waals surface area contributed by atoms with E-state index in [1.807, 2.05) is 18.2 Å². The molecule has 21 heavy (non-hydrogen) atoms. The van der Waals surface area contributed by atoms with Crippen LogP contribution in [0.4, 0.5) is 5.69 Å². The summed E-state index contributed by atoms with van der Waals surface area (Å²) in [5.74, 6) is -0.963. The van der Waals surface area contributed by atoms with Crippen molar-refractivity contribution in [2.75, 3.05) is 18.7 Å². The van der Waals surface area contributed by atoms with Gasteiger partial charge in [0, 0.05) is 0 Å². The van der Waals surface area contributed by atoms with Crippen molar-refractivity contribution in [3.8, 4) is 0 Å². The minimum atomic E-state index is -0.665. The first-order chi connectivity index (χ1) is 10.0. The molecule has 0 bridgehead atoms. The van der Waals surface area contributed by atoms with Gasteiger partial charge in [0.05, 0.1) is 19.4 Å². The van der Waals surface area contributed by atoms with Crippen molar-refractivity contribution >= 4 is 23.3 Å². The van der Waals surface area contributed by atoms with Gasteiger partial charge in [-0.3, -0.25) is 5.01 Å². The molecule has 0 fully saturated rings. The molecule has 0 aliphatic carbocycles. The summed E-state index contributed by atoms with van der Waals surface area (Å²) in [5, 5.41) is 5.65. The molecule has 1 rings (SSSR count). The largest absolute Gasteiger partial charge is 0.467 e. The first kappa shape index (κ1) is 16.7. The van der Waals surface area contributed by atoms with Gasteiger partial charge in [-0.2, -0.15) is 5.10 Å². The smallest absolute Gasteiger partial charge is 0.354 e. The number of anilines is 1. The van der Waals surface area contributed by atoms with Crippen LogP contribution in [-0.2, 0) is 19.1 Å². The van der Waals surface area contributed by atoms with Gasteiger partial charge in [0.15, 0.2) is 0 Å². The number of hydrogen-bond acceptors (Lipinski definition) is 6. The van der Waals surface area contributed by atoms with E-state index >= 15 is 0 Å². The van der Waals surface area contributed by atoms with E-state index < -0.39 is 18.0 Å². The maximum atomic E-state index is 11.8. The number of rotatable bonds is 6. The molecule has 0 aliphatic heterocycles. The van der Waals surface area contributed by atoms with Gasteiger partial charge in [-0.15, -0.1) is 0 Å². The first-order valence-corrected chi connectivity index (χ1v) is 6.65. The fourth-order valence-corrected chi connectivity index (χ4v) is 1.66. The van der Waals surface area contributed by atoms with Crippen molar-refractivity contribution in [2.45, 2.75) is 26.8 Å². The summed E-state index contributed by atoms with van der Waals surface area (Å²) in [6, 6.07) is 8.42. The summed E-state index contributed by atoms with van der Waals surface area (Å²) < 4.78 is 9.63. The Balaban J connectivity index is 3.11. The maximum absolute atomic E-state index is 11.8. The molecule has 1 aromatic carbocycles. The summed E-state index contributed by atoms with van der Waals surface area (Å²) in [5.41, 5.74) is 0.843. The SMILES string of the molecule is CCOC(=O)/C(C)=N/N(c1ccccc1)C(C)C(=O)OC. The lowest BCUT2D eigenvalue weighted by molar-refractivity contribution is -0.142. The van der Waals surface area contributed by atoms with Gasteiger partial charge in [-0.05, 0) is 32.9 Å². The molecular formula is C15H20N2O4. The Hall–Kier alpha value is -2.37. The van der Waals surface area contributed by atoms with E-state index in [2.05, 4.69) is 5.10 Å². The van der Waals surface area contributed by atoms with Crippen LogP contribution in [0, 0.1) is 0 Å². The zero-order valence-electron chi connectivity index (χ0n) is 12.7. The van der Waals surface area contributed by atoms with Crippen molar-refractivity contribution in [3.63, 3.8) is 0 Å². The van der Waals surface area contributed by atoms with E-state index in [0.717, 1.165) is 0 Å². The Morgan fingerprint density at radius 3 is 2.43 bits per heavy atom. The number of para-hydroxylation sites is 1. The topological polar surface area (TPSA) is 68.2 Å². The van der Waals surface area contributed by atoms with Crippen LogP contribution in [0.3, 0.4) is 0 Å². The second-order valence-electron chi connectivity index (χ2n) is 4.29. The summed E-state index contributed by atoms with van der Waals surface area (Å²) in [4.78, 5) is 23.4. The van der Waals surface area contributed by atoms with Gasteiger partial charge < -0.3 is 9.47 Å². The van der Waals surface area contributed by atoms with Gasteiger partial charge in [0.2, 0.25) is 0 Å². The first-order valence-electron chi connectivity index (χ1n) is 6.65. The number of ether oxygens (including phenoxy) is 2. The lowest BCUT2D eigenvalue weighted by atomic mass is 10.2. The number of hydrogen-bond donors (Lipinski definition) is 0. The zero-order valence-corrected chi connectivity index (χ0v) is 12.7. The third kappa shape index (κ3) is 4.59. The molecule has 0 aromatic heterocycles. The van der Waals surface area contributed by atoms with Crippen molar-refractivity contribution < 1.29 is 19.1 Å². The van der Waals surface area contributed by atoms with Gasteiger partial charge >= 0.3 is 11.9 Å². The van der Waals surface area contributed by atoms with Crippen molar-refractivity contribution in [1.82, 2.24) is 0 Å². The Morgan fingerprint density at radius 1 is 1.29 bits per heavy atom. The molecule has 0 N–H and O–H groups in total. The van der Waals surface area contributed by atoms with Crippen LogP contribution < -0.4 is 5.01 Å². The highest BCUT2D eigenvalue weighted by Gasteiger charge is 2.23. The summed E-state index contributed by atoms with van der Waals surface area (Å²) in [6.45, 7) is 5.18. The van der Waals surface area contributed by atoms with Crippen LogP contribution in [-0.4, -0.2) is 37.4 Å². The summed E-state index contributed by atoms with van der Waals surface area (Å²) >= 11 is 0. The van der Waals surface area contributed by atoms with E-state index in [1.54, 1.807) is 26.0 Å². The minimum Gasteiger partial charge on any atom is -0.467 e. The third-order valence-corrected chi connectivity index (χ3v) is 2.76. The Labute approximate surface area is 124 Å². The van der Waals surface area contributed by atoms with E-state index in [-0.39, 0.29) is 12.3 Å². The average Bonchev–Trinajstić information content (AvgIpc) is 2.51. The van der Waals surface area contributed by atoms with E-state index in [1.165, 1.54) is 19.0 Å². The van der Waals surface area contributed by atoms with Crippen LogP contribution in [0.15, 0.2) is 35.4 Å². The molecule has 114 valence electrons. The second kappa shape index (κ2) is 8.04. The summed E-state index contributed by atoms with van der Waals surface area (Å²) in [6.07, 6.45) is 0. The highest BCUT2D eigenvalue weighted by atomic mass is 16.5. The summed E-state index contributed by atoms with van der Waals surface area (Å²) in [7, 11) is 1.31. The maximum Gasteiger partial charge on any atom is 0.354 e. The predicted octanol–water partition coefficient (Wildman–Crippen LogP) is 1.99. The Morgan fingerprint density at radius 2 is 1.90 bits per heavy atom. The number of esters is 2.